The molecule has 0 amide bonds. The number of aromatic nitrogens is 4. The minimum Gasteiger partial charge on any atom is -0.497 e. The summed E-state index contributed by atoms with van der Waals surface area (Å²) in [5, 5.41) is 29.5. The van der Waals surface area contributed by atoms with Crippen LogP contribution in [-0.4, -0.2) is 66.9 Å². The van der Waals surface area contributed by atoms with Crippen molar-refractivity contribution >= 4 is 11.2 Å². The molecule has 1 fully saturated rings. The Labute approximate surface area is 148 Å². The fourth-order valence-corrected chi connectivity index (χ4v) is 3.11. The van der Waals surface area contributed by atoms with Gasteiger partial charge in [0, 0.05) is 5.56 Å². The molecule has 0 spiro atoms. The summed E-state index contributed by atoms with van der Waals surface area (Å²) in [7, 11) is 1.60. The van der Waals surface area contributed by atoms with E-state index < -0.39 is 31.1 Å². The molecule has 0 radical (unpaired) electrons. The number of ether oxygens (including phenoxy) is 2. The van der Waals surface area contributed by atoms with Crippen molar-refractivity contribution in [2.45, 2.75) is 24.5 Å². The molecule has 1 saturated heterocycles. The molecule has 9 heteroatoms. The first-order chi connectivity index (χ1) is 12.6. The standard InChI is InChI=1S/C17H18N4O5/c1-25-10-4-2-9(3-5-10)12-13-16(19-7-18-12)21(8-20-13)17-15(24)14(23)11(6-22)26-17/h2-5,7-8,11,14-15,17,22-24H,6H2,1H3/t11-,14-,15-,17-/m0/s1. The van der Waals surface area contributed by atoms with Crippen molar-refractivity contribution in [1.82, 2.24) is 19.5 Å². The van der Waals surface area contributed by atoms with Gasteiger partial charge < -0.3 is 24.8 Å². The van der Waals surface area contributed by atoms with Gasteiger partial charge in [0.15, 0.2) is 11.9 Å². The lowest BCUT2D eigenvalue weighted by atomic mass is 10.1. The summed E-state index contributed by atoms with van der Waals surface area (Å²) in [5.41, 5.74) is 2.46. The number of imidazole rings is 1. The van der Waals surface area contributed by atoms with Gasteiger partial charge >= 0.3 is 0 Å². The Hall–Kier alpha value is -2.59. The lowest BCUT2D eigenvalue weighted by molar-refractivity contribution is -0.0511. The van der Waals surface area contributed by atoms with Crippen LogP contribution in [0.3, 0.4) is 0 Å². The van der Waals surface area contributed by atoms with Gasteiger partial charge in [0.1, 0.15) is 41.6 Å². The van der Waals surface area contributed by atoms with Crippen molar-refractivity contribution in [3.8, 4) is 17.0 Å². The van der Waals surface area contributed by atoms with E-state index in [1.165, 1.54) is 17.2 Å². The molecule has 0 aliphatic carbocycles. The molecule has 0 bridgehead atoms. The van der Waals surface area contributed by atoms with Gasteiger partial charge in [0.2, 0.25) is 0 Å². The third-order valence-electron chi connectivity index (χ3n) is 4.51. The summed E-state index contributed by atoms with van der Waals surface area (Å²) in [6.45, 7) is -0.395. The third-order valence-corrected chi connectivity index (χ3v) is 4.51. The maximum Gasteiger partial charge on any atom is 0.166 e. The first-order valence-electron chi connectivity index (χ1n) is 8.08. The number of nitrogens with zero attached hydrogens (tertiary/aromatic N) is 4. The Morgan fingerprint density at radius 2 is 1.88 bits per heavy atom. The van der Waals surface area contributed by atoms with Crippen molar-refractivity contribution in [3.63, 3.8) is 0 Å². The summed E-state index contributed by atoms with van der Waals surface area (Å²) in [5.74, 6) is 0.732. The monoisotopic (exact) mass is 358 g/mol. The Morgan fingerprint density at radius 3 is 2.54 bits per heavy atom. The number of hydrogen-bond acceptors (Lipinski definition) is 8. The molecule has 1 aliphatic rings. The summed E-state index contributed by atoms with van der Waals surface area (Å²) in [6, 6.07) is 7.39. The van der Waals surface area contributed by atoms with Gasteiger partial charge in [-0.1, -0.05) is 0 Å². The highest BCUT2D eigenvalue weighted by Crippen LogP contribution is 2.33. The minimum absolute atomic E-state index is 0.395. The second kappa shape index (κ2) is 6.61. The molecule has 3 N–H and O–H groups in total. The summed E-state index contributed by atoms with van der Waals surface area (Å²) < 4.78 is 12.3. The zero-order valence-electron chi connectivity index (χ0n) is 13.9. The molecular formula is C17H18N4O5. The van der Waals surface area contributed by atoms with Crippen LogP contribution in [0.5, 0.6) is 5.75 Å². The maximum absolute atomic E-state index is 10.2. The average Bonchev–Trinajstić information content (AvgIpc) is 3.23. The Kier molecular flexibility index (Phi) is 4.29. The Balaban J connectivity index is 1.76. The Bertz CT molecular complexity index is 913. The van der Waals surface area contributed by atoms with E-state index in [0.29, 0.717) is 16.9 Å². The molecule has 3 aromatic rings. The molecule has 1 aliphatic heterocycles. The second-order valence-electron chi connectivity index (χ2n) is 6.00. The van der Waals surface area contributed by atoms with Crippen LogP contribution in [0.4, 0.5) is 0 Å². The van der Waals surface area contributed by atoms with E-state index in [2.05, 4.69) is 15.0 Å². The van der Waals surface area contributed by atoms with E-state index in [9.17, 15) is 15.3 Å². The number of benzene rings is 1. The summed E-state index contributed by atoms with van der Waals surface area (Å²) >= 11 is 0. The predicted molar refractivity (Wildman–Crippen MR) is 90.3 cm³/mol. The normalized spacial score (nSPS) is 25.7. The smallest absolute Gasteiger partial charge is 0.166 e. The van der Waals surface area contributed by atoms with Gasteiger partial charge in [0.05, 0.1) is 20.0 Å². The molecular weight excluding hydrogens is 340 g/mol. The highest BCUT2D eigenvalue weighted by atomic mass is 16.6. The van der Waals surface area contributed by atoms with Crippen LogP contribution in [0.1, 0.15) is 6.23 Å². The van der Waals surface area contributed by atoms with Gasteiger partial charge in [-0.2, -0.15) is 0 Å². The Morgan fingerprint density at radius 1 is 1.12 bits per heavy atom. The highest BCUT2D eigenvalue weighted by molar-refractivity contribution is 5.87. The van der Waals surface area contributed by atoms with E-state index in [1.54, 1.807) is 7.11 Å². The fraction of sp³-hybridized carbons (Fsp3) is 0.353. The van der Waals surface area contributed by atoms with E-state index in [0.717, 1.165) is 11.3 Å². The van der Waals surface area contributed by atoms with E-state index in [1.807, 2.05) is 24.3 Å². The maximum atomic E-state index is 10.2. The molecule has 4 atom stereocenters. The van der Waals surface area contributed by atoms with Crippen molar-refractivity contribution < 1.29 is 24.8 Å². The quantitative estimate of drug-likeness (QED) is 0.601. The number of methoxy groups -OCH3 is 1. The number of hydrogen-bond donors (Lipinski definition) is 3. The zero-order valence-corrected chi connectivity index (χ0v) is 13.9. The molecule has 0 saturated carbocycles. The number of aliphatic hydroxyl groups excluding tert-OH is 3. The highest BCUT2D eigenvalue weighted by Gasteiger charge is 2.44. The first-order valence-corrected chi connectivity index (χ1v) is 8.08. The molecule has 26 heavy (non-hydrogen) atoms. The van der Waals surface area contributed by atoms with Crippen LogP contribution in [0, 0.1) is 0 Å². The van der Waals surface area contributed by atoms with Crippen LogP contribution in [0.2, 0.25) is 0 Å². The number of rotatable bonds is 4. The molecule has 1 aromatic carbocycles. The molecule has 0 unspecified atom stereocenters. The van der Waals surface area contributed by atoms with Crippen LogP contribution in [-0.2, 0) is 4.74 Å². The molecule has 4 rings (SSSR count). The van der Waals surface area contributed by atoms with E-state index >= 15 is 0 Å². The lowest BCUT2D eigenvalue weighted by Gasteiger charge is -2.16. The average molecular weight is 358 g/mol. The van der Waals surface area contributed by atoms with Crippen LogP contribution in [0.15, 0.2) is 36.9 Å². The van der Waals surface area contributed by atoms with Crippen molar-refractivity contribution in [2.24, 2.45) is 0 Å². The van der Waals surface area contributed by atoms with Gasteiger partial charge in [0.25, 0.3) is 0 Å². The third kappa shape index (κ3) is 2.61. The molecule has 2 aromatic heterocycles. The first kappa shape index (κ1) is 16.9. The minimum atomic E-state index is -1.20. The van der Waals surface area contributed by atoms with Crippen LogP contribution in [0.25, 0.3) is 22.4 Å². The zero-order chi connectivity index (χ0) is 18.3. The van der Waals surface area contributed by atoms with E-state index in [4.69, 9.17) is 9.47 Å². The van der Waals surface area contributed by atoms with Gasteiger partial charge in [-0.25, -0.2) is 15.0 Å². The van der Waals surface area contributed by atoms with Crippen molar-refractivity contribution in [3.05, 3.63) is 36.9 Å². The van der Waals surface area contributed by atoms with Gasteiger partial charge in [-0.05, 0) is 24.3 Å². The lowest BCUT2D eigenvalue weighted by Crippen LogP contribution is -2.33. The molecule has 3 heterocycles. The van der Waals surface area contributed by atoms with Crippen molar-refractivity contribution in [2.75, 3.05) is 13.7 Å². The SMILES string of the molecule is COc1ccc(-c2ncnc3c2ncn3[C@H]2O[C@@H](CO)[C@H](O)[C@@H]2O)cc1. The van der Waals surface area contributed by atoms with Crippen LogP contribution < -0.4 is 4.74 Å². The fourth-order valence-electron chi connectivity index (χ4n) is 3.11. The number of fused-ring (bicyclic) bond motifs is 1. The van der Waals surface area contributed by atoms with Gasteiger partial charge in [-0.3, -0.25) is 4.57 Å². The molecule has 9 nitrogen and oxygen atoms in total. The summed E-state index contributed by atoms with van der Waals surface area (Å²) in [4.78, 5) is 12.9. The topological polar surface area (TPSA) is 123 Å². The van der Waals surface area contributed by atoms with Crippen molar-refractivity contribution in [1.29, 1.82) is 0 Å². The predicted octanol–water partition coefficient (Wildman–Crippen LogP) is 0.113. The van der Waals surface area contributed by atoms with Crippen LogP contribution >= 0.6 is 0 Å². The van der Waals surface area contributed by atoms with Gasteiger partial charge in [-0.15, -0.1) is 0 Å². The van der Waals surface area contributed by atoms with E-state index in [-0.39, 0.29) is 0 Å². The second-order valence-corrected chi connectivity index (χ2v) is 6.00. The largest absolute Gasteiger partial charge is 0.497 e. The number of aliphatic hydroxyl groups is 3. The summed E-state index contributed by atoms with van der Waals surface area (Å²) in [6.07, 6.45) is -1.27. The molecule has 136 valence electrons.